The molecule has 0 spiro atoms. The maximum absolute atomic E-state index is 13.0. The van der Waals surface area contributed by atoms with Crippen LogP contribution in [0.5, 0.6) is 0 Å². The van der Waals surface area contributed by atoms with Gasteiger partial charge < -0.3 is 10.2 Å². The standard InChI is InChI=1S/C24H40N4O3S/c1-6-27-13-10-19(11-14-27)28-15-12-20(16-28)32(30,31)26-24(29)25-23-21(17(2)3)8-7-9-22(23)18(4)5/h7-9,17-20H,6,10-16H2,1-5H3,(H2,25,26,29). The zero-order chi connectivity index (χ0) is 23.5. The number of carbonyl (C=O) groups excluding carboxylic acids is 1. The van der Waals surface area contributed by atoms with E-state index in [4.69, 9.17) is 0 Å². The second-order valence-corrected chi connectivity index (χ2v) is 11.8. The third-order valence-corrected chi connectivity index (χ3v) is 8.71. The number of rotatable bonds is 7. The number of hydrogen-bond donors (Lipinski definition) is 2. The molecule has 1 unspecified atom stereocenters. The van der Waals surface area contributed by atoms with Crippen molar-refractivity contribution in [1.29, 1.82) is 0 Å². The van der Waals surface area contributed by atoms with E-state index < -0.39 is 21.3 Å². The largest absolute Gasteiger partial charge is 0.332 e. The van der Waals surface area contributed by atoms with Crippen LogP contribution in [0.3, 0.4) is 0 Å². The predicted molar refractivity (Wildman–Crippen MR) is 131 cm³/mol. The van der Waals surface area contributed by atoms with E-state index in [1.807, 2.05) is 18.2 Å². The fraction of sp³-hybridized carbons (Fsp3) is 0.708. The summed E-state index contributed by atoms with van der Waals surface area (Å²) in [5.41, 5.74) is 2.74. The van der Waals surface area contributed by atoms with Gasteiger partial charge in [-0.25, -0.2) is 17.9 Å². The first-order chi connectivity index (χ1) is 15.1. The van der Waals surface area contributed by atoms with Gasteiger partial charge >= 0.3 is 6.03 Å². The molecule has 2 N–H and O–H groups in total. The van der Waals surface area contributed by atoms with Gasteiger partial charge in [-0.3, -0.25) is 4.90 Å². The molecule has 8 heteroatoms. The summed E-state index contributed by atoms with van der Waals surface area (Å²) in [6, 6.07) is 5.73. The van der Waals surface area contributed by atoms with Crippen LogP contribution in [-0.2, 0) is 10.0 Å². The number of sulfonamides is 1. The predicted octanol–water partition coefficient (Wildman–Crippen LogP) is 3.94. The Morgan fingerprint density at radius 1 is 1.03 bits per heavy atom. The van der Waals surface area contributed by atoms with E-state index in [0.29, 0.717) is 19.0 Å². The molecule has 2 aliphatic heterocycles. The average Bonchev–Trinajstić information content (AvgIpc) is 3.24. The van der Waals surface area contributed by atoms with E-state index in [1.165, 1.54) is 0 Å². The second kappa shape index (κ2) is 10.5. The number of likely N-dealkylation sites (tertiary alicyclic amines) is 2. The van der Waals surface area contributed by atoms with Gasteiger partial charge in [-0.15, -0.1) is 0 Å². The Labute approximate surface area is 194 Å². The highest BCUT2D eigenvalue weighted by Crippen LogP contribution is 2.32. The molecular formula is C24H40N4O3S. The van der Waals surface area contributed by atoms with Gasteiger partial charge in [0.1, 0.15) is 0 Å². The number of para-hydroxylation sites is 1. The molecular weight excluding hydrogens is 424 g/mol. The van der Waals surface area contributed by atoms with Crippen molar-refractivity contribution in [1.82, 2.24) is 14.5 Å². The van der Waals surface area contributed by atoms with Crippen LogP contribution in [0.1, 0.15) is 76.8 Å². The number of benzene rings is 1. The summed E-state index contributed by atoms with van der Waals surface area (Å²) in [5, 5.41) is 2.31. The Balaban J connectivity index is 1.63. The van der Waals surface area contributed by atoms with Crippen molar-refractivity contribution in [3.63, 3.8) is 0 Å². The molecule has 0 aliphatic carbocycles. The molecule has 1 atom stereocenters. The fourth-order valence-corrected chi connectivity index (χ4v) is 6.27. The normalized spacial score (nSPS) is 21.4. The zero-order valence-electron chi connectivity index (χ0n) is 20.2. The van der Waals surface area contributed by atoms with Crippen LogP contribution in [0.15, 0.2) is 18.2 Å². The van der Waals surface area contributed by atoms with Crippen molar-refractivity contribution in [2.45, 2.75) is 77.0 Å². The van der Waals surface area contributed by atoms with Gasteiger partial charge in [0, 0.05) is 18.3 Å². The van der Waals surface area contributed by atoms with Gasteiger partial charge in [0.2, 0.25) is 10.0 Å². The lowest BCUT2D eigenvalue weighted by Crippen LogP contribution is -2.46. The van der Waals surface area contributed by atoms with Gasteiger partial charge in [-0.05, 0) is 68.4 Å². The van der Waals surface area contributed by atoms with Crippen LogP contribution in [0.25, 0.3) is 0 Å². The average molecular weight is 465 g/mol. The summed E-state index contributed by atoms with van der Waals surface area (Å²) < 4.78 is 28.3. The zero-order valence-corrected chi connectivity index (χ0v) is 21.0. The van der Waals surface area contributed by atoms with Crippen molar-refractivity contribution < 1.29 is 13.2 Å². The SMILES string of the molecule is CCN1CCC(N2CCC(S(=O)(=O)NC(=O)Nc3c(C(C)C)cccc3C(C)C)C2)CC1. The molecule has 2 saturated heterocycles. The Hall–Kier alpha value is -1.64. The third kappa shape index (κ3) is 5.83. The molecule has 2 amide bonds. The lowest BCUT2D eigenvalue weighted by molar-refractivity contribution is 0.131. The Morgan fingerprint density at radius 2 is 1.62 bits per heavy atom. The summed E-state index contributed by atoms with van der Waals surface area (Å²) in [6.45, 7) is 14.9. The Bertz CT molecular complexity index is 866. The number of nitrogens with zero attached hydrogens (tertiary/aromatic N) is 2. The van der Waals surface area contributed by atoms with E-state index in [-0.39, 0.29) is 11.8 Å². The molecule has 0 aromatic heterocycles. The highest BCUT2D eigenvalue weighted by molar-refractivity contribution is 7.90. The number of amides is 2. The van der Waals surface area contributed by atoms with Gasteiger partial charge in [0.05, 0.1) is 5.25 Å². The summed E-state index contributed by atoms with van der Waals surface area (Å²) >= 11 is 0. The molecule has 180 valence electrons. The highest BCUT2D eigenvalue weighted by atomic mass is 32.2. The molecule has 2 fully saturated rings. The topological polar surface area (TPSA) is 81.8 Å². The second-order valence-electron chi connectivity index (χ2n) is 9.79. The third-order valence-electron chi connectivity index (χ3n) is 6.98. The van der Waals surface area contributed by atoms with Gasteiger partial charge in [-0.1, -0.05) is 52.8 Å². The molecule has 7 nitrogen and oxygen atoms in total. The Morgan fingerprint density at radius 3 is 2.16 bits per heavy atom. The molecule has 32 heavy (non-hydrogen) atoms. The number of hydrogen-bond acceptors (Lipinski definition) is 5. The monoisotopic (exact) mass is 464 g/mol. The summed E-state index contributed by atoms with van der Waals surface area (Å²) in [7, 11) is -3.75. The Kier molecular flexibility index (Phi) is 8.22. The number of nitrogens with one attached hydrogen (secondary N) is 2. The molecule has 1 aromatic carbocycles. The van der Waals surface area contributed by atoms with Crippen LogP contribution >= 0.6 is 0 Å². The van der Waals surface area contributed by atoms with Crippen LogP contribution in [-0.4, -0.2) is 68.3 Å². The smallest absolute Gasteiger partial charge is 0.307 e. The van der Waals surface area contributed by atoms with E-state index >= 15 is 0 Å². The molecule has 2 heterocycles. The maximum atomic E-state index is 13.0. The van der Waals surface area contributed by atoms with Crippen LogP contribution in [0, 0.1) is 0 Å². The van der Waals surface area contributed by atoms with Crippen LogP contribution in [0.4, 0.5) is 10.5 Å². The minimum absolute atomic E-state index is 0.211. The quantitative estimate of drug-likeness (QED) is 0.639. The fourth-order valence-electron chi connectivity index (χ4n) is 4.99. The minimum atomic E-state index is -3.75. The van der Waals surface area contributed by atoms with E-state index in [2.05, 4.69) is 54.5 Å². The summed E-state index contributed by atoms with van der Waals surface area (Å²) in [6.07, 6.45) is 2.73. The highest BCUT2D eigenvalue weighted by Gasteiger charge is 2.37. The molecule has 0 radical (unpaired) electrons. The van der Waals surface area contributed by atoms with Crippen LogP contribution < -0.4 is 10.0 Å². The van der Waals surface area contributed by atoms with E-state index in [9.17, 15) is 13.2 Å². The minimum Gasteiger partial charge on any atom is -0.307 e. The van der Waals surface area contributed by atoms with Gasteiger partial charge in [0.15, 0.2) is 0 Å². The number of anilines is 1. The first-order valence-electron chi connectivity index (χ1n) is 12.0. The first kappa shape index (κ1) is 25.0. The molecule has 0 saturated carbocycles. The maximum Gasteiger partial charge on any atom is 0.332 e. The summed E-state index contributed by atoms with van der Waals surface area (Å²) in [4.78, 5) is 17.5. The van der Waals surface area contributed by atoms with Crippen molar-refractivity contribution in [3.05, 3.63) is 29.3 Å². The lowest BCUT2D eigenvalue weighted by atomic mass is 9.93. The van der Waals surface area contributed by atoms with E-state index in [0.717, 1.165) is 55.8 Å². The van der Waals surface area contributed by atoms with Crippen molar-refractivity contribution in [2.75, 3.05) is 38.0 Å². The summed E-state index contributed by atoms with van der Waals surface area (Å²) in [5.74, 6) is 0.422. The molecule has 2 aliphatic rings. The van der Waals surface area contributed by atoms with Gasteiger partial charge in [-0.2, -0.15) is 0 Å². The molecule has 3 rings (SSSR count). The molecule has 0 bridgehead atoms. The lowest BCUT2D eigenvalue weighted by Gasteiger charge is -2.36. The number of piperidine rings is 1. The van der Waals surface area contributed by atoms with E-state index in [1.54, 1.807) is 0 Å². The number of urea groups is 1. The molecule has 1 aromatic rings. The first-order valence-corrected chi connectivity index (χ1v) is 13.6. The van der Waals surface area contributed by atoms with Crippen molar-refractivity contribution >= 4 is 21.7 Å². The van der Waals surface area contributed by atoms with Gasteiger partial charge in [0.25, 0.3) is 0 Å². The number of carbonyl (C=O) groups is 1. The van der Waals surface area contributed by atoms with Crippen LogP contribution in [0.2, 0.25) is 0 Å². The van der Waals surface area contributed by atoms with Crippen molar-refractivity contribution in [2.24, 2.45) is 0 Å². The van der Waals surface area contributed by atoms with Crippen molar-refractivity contribution in [3.8, 4) is 0 Å².